The maximum absolute atomic E-state index is 10.9. The van der Waals surface area contributed by atoms with Gasteiger partial charge in [-0.15, -0.1) is 0 Å². The highest BCUT2D eigenvalue weighted by atomic mass is 16.4. The van der Waals surface area contributed by atoms with Crippen molar-refractivity contribution in [3.8, 4) is 0 Å². The smallest absolute Gasteiger partial charge is 0.304 e. The van der Waals surface area contributed by atoms with Crippen LogP contribution >= 0.6 is 0 Å². The minimum absolute atomic E-state index is 0.00466. The average molecular weight is 241 g/mol. The van der Waals surface area contributed by atoms with E-state index in [0.717, 1.165) is 0 Å². The average Bonchev–Trinajstić information content (AvgIpc) is 2.43. The minimum atomic E-state index is -0.703. The number of carboxylic acid groups (broad SMARTS) is 1. The molecule has 0 aromatic carbocycles. The molecule has 1 unspecified atom stereocenters. The lowest BCUT2D eigenvalue weighted by Crippen LogP contribution is -2.46. The molecule has 0 aromatic rings. The van der Waals surface area contributed by atoms with E-state index in [9.17, 15) is 4.79 Å². The van der Waals surface area contributed by atoms with Crippen LogP contribution in [-0.2, 0) is 4.79 Å². The normalized spacial score (nSPS) is 20.9. The first-order valence-corrected chi connectivity index (χ1v) is 6.87. The Labute approximate surface area is 105 Å². The molecule has 17 heavy (non-hydrogen) atoms. The first kappa shape index (κ1) is 14.5. The molecule has 1 fully saturated rings. The monoisotopic (exact) mass is 241 g/mol. The van der Waals surface area contributed by atoms with Crippen LogP contribution in [-0.4, -0.2) is 23.2 Å². The highest BCUT2D eigenvalue weighted by Crippen LogP contribution is 2.25. The summed E-state index contributed by atoms with van der Waals surface area (Å²) in [6.45, 7) is 6.35. The summed E-state index contributed by atoms with van der Waals surface area (Å²) in [4.78, 5) is 10.9. The van der Waals surface area contributed by atoms with Crippen LogP contribution in [0.25, 0.3) is 0 Å². The minimum Gasteiger partial charge on any atom is -0.481 e. The van der Waals surface area contributed by atoms with Gasteiger partial charge in [0.25, 0.3) is 0 Å². The summed E-state index contributed by atoms with van der Waals surface area (Å²) in [6, 6.07) is 0.587. The Morgan fingerprint density at radius 3 is 2.18 bits per heavy atom. The first-order valence-electron chi connectivity index (χ1n) is 6.87. The van der Waals surface area contributed by atoms with Crippen LogP contribution in [0.1, 0.15) is 65.7 Å². The quantitative estimate of drug-likeness (QED) is 0.743. The van der Waals surface area contributed by atoms with Gasteiger partial charge in [-0.3, -0.25) is 4.79 Å². The Morgan fingerprint density at radius 2 is 1.76 bits per heavy atom. The van der Waals surface area contributed by atoms with Crippen LogP contribution in [0.2, 0.25) is 0 Å². The molecule has 0 bridgehead atoms. The molecule has 0 aliphatic heterocycles. The lowest BCUT2D eigenvalue weighted by Gasteiger charge is -2.34. The fraction of sp³-hybridized carbons (Fsp3) is 0.929. The van der Waals surface area contributed by atoms with E-state index in [1.165, 1.54) is 38.5 Å². The van der Waals surface area contributed by atoms with Crippen molar-refractivity contribution in [2.45, 2.75) is 77.8 Å². The van der Waals surface area contributed by atoms with Gasteiger partial charge in [0.2, 0.25) is 0 Å². The van der Waals surface area contributed by atoms with Gasteiger partial charge >= 0.3 is 5.97 Å². The standard InChI is InChI=1S/C14H27NO2/c1-14(2,3)12(10-13(16)17)15-11-8-6-4-5-7-9-11/h11-12,15H,4-10H2,1-3H3,(H,16,17). The summed E-state index contributed by atoms with van der Waals surface area (Å²) in [5.74, 6) is -0.703. The molecule has 1 atom stereocenters. The van der Waals surface area contributed by atoms with E-state index in [-0.39, 0.29) is 17.9 Å². The van der Waals surface area contributed by atoms with Crippen LogP contribution in [0.5, 0.6) is 0 Å². The molecule has 0 amide bonds. The highest BCUT2D eigenvalue weighted by Gasteiger charge is 2.29. The Hall–Kier alpha value is -0.570. The second-order valence-corrected chi connectivity index (χ2v) is 6.37. The number of hydrogen-bond acceptors (Lipinski definition) is 2. The SMILES string of the molecule is CC(C)(C)C(CC(=O)O)NC1CCCCCC1. The molecule has 0 saturated heterocycles. The van der Waals surface area contributed by atoms with E-state index in [2.05, 4.69) is 26.1 Å². The van der Waals surface area contributed by atoms with Crippen molar-refractivity contribution in [1.82, 2.24) is 5.32 Å². The molecule has 1 aliphatic rings. The van der Waals surface area contributed by atoms with Gasteiger partial charge < -0.3 is 10.4 Å². The van der Waals surface area contributed by atoms with E-state index in [0.29, 0.717) is 6.04 Å². The number of nitrogens with one attached hydrogen (secondary N) is 1. The number of hydrogen-bond donors (Lipinski definition) is 2. The lowest BCUT2D eigenvalue weighted by atomic mass is 9.84. The highest BCUT2D eigenvalue weighted by molar-refractivity contribution is 5.67. The van der Waals surface area contributed by atoms with Crippen molar-refractivity contribution in [3.05, 3.63) is 0 Å². The predicted molar refractivity (Wildman–Crippen MR) is 70.1 cm³/mol. The third kappa shape index (κ3) is 5.53. The number of aliphatic carboxylic acids is 1. The third-order valence-electron chi connectivity index (χ3n) is 3.72. The third-order valence-corrected chi connectivity index (χ3v) is 3.72. The van der Waals surface area contributed by atoms with Gasteiger partial charge in [0.05, 0.1) is 6.42 Å². The van der Waals surface area contributed by atoms with E-state index in [1.807, 2.05) is 0 Å². The number of carboxylic acids is 1. The Bertz CT molecular complexity index is 237. The van der Waals surface area contributed by atoms with Gasteiger partial charge in [-0.2, -0.15) is 0 Å². The molecular weight excluding hydrogens is 214 g/mol. The molecular formula is C14H27NO2. The van der Waals surface area contributed by atoms with E-state index in [4.69, 9.17) is 5.11 Å². The van der Waals surface area contributed by atoms with E-state index in [1.54, 1.807) is 0 Å². The van der Waals surface area contributed by atoms with E-state index < -0.39 is 5.97 Å². The Kier molecular flexibility index (Phi) is 5.44. The predicted octanol–water partition coefficient (Wildman–Crippen LogP) is 3.19. The summed E-state index contributed by atoms with van der Waals surface area (Å²) in [5.41, 5.74) is 0.00466. The first-order chi connectivity index (χ1) is 7.89. The van der Waals surface area contributed by atoms with Crippen LogP contribution < -0.4 is 5.32 Å². The van der Waals surface area contributed by atoms with Gasteiger partial charge in [0.1, 0.15) is 0 Å². The Balaban J connectivity index is 2.54. The van der Waals surface area contributed by atoms with Gasteiger partial charge in [-0.1, -0.05) is 46.5 Å². The second-order valence-electron chi connectivity index (χ2n) is 6.37. The summed E-state index contributed by atoms with van der Waals surface area (Å²) in [7, 11) is 0. The van der Waals surface area contributed by atoms with Crippen molar-refractivity contribution < 1.29 is 9.90 Å². The molecule has 0 radical (unpaired) electrons. The number of rotatable bonds is 4. The van der Waals surface area contributed by atoms with E-state index >= 15 is 0 Å². The van der Waals surface area contributed by atoms with Crippen molar-refractivity contribution in [2.75, 3.05) is 0 Å². The largest absolute Gasteiger partial charge is 0.481 e. The maximum Gasteiger partial charge on any atom is 0.304 e. The molecule has 0 heterocycles. The van der Waals surface area contributed by atoms with Crippen LogP contribution in [0.15, 0.2) is 0 Å². The van der Waals surface area contributed by atoms with Crippen molar-refractivity contribution >= 4 is 5.97 Å². The fourth-order valence-corrected chi connectivity index (χ4v) is 2.52. The summed E-state index contributed by atoms with van der Waals surface area (Å²) >= 11 is 0. The zero-order chi connectivity index (χ0) is 12.9. The van der Waals surface area contributed by atoms with Gasteiger partial charge in [0, 0.05) is 12.1 Å². The summed E-state index contributed by atoms with van der Waals surface area (Å²) < 4.78 is 0. The summed E-state index contributed by atoms with van der Waals surface area (Å²) in [5, 5.41) is 12.6. The molecule has 1 rings (SSSR count). The topological polar surface area (TPSA) is 49.3 Å². The van der Waals surface area contributed by atoms with Crippen LogP contribution in [0.3, 0.4) is 0 Å². The maximum atomic E-state index is 10.9. The molecule has 3 heteroatoms. The molecule has 2 N–H and O–H groups in total. The fourth-order valence-electron chi connectivity index (χ4n) is 2.52. The second kappa shape index (κ2) is 6.39. The van der Waals surface area contributed by atoms with Crippen molar-refractivity contribution in [3.63, 3.8) is 0 Å². The molecule has 0 spiro atoms. The Morgan fingerprint density at radius 1 is 1.24 bits per heavy atom. The zero-order valence-electron chi connectivity index (χ0n) is 11.5. The number of carbonyl (C=O) groups is 1. The van der Waals surface area contributed by atoms with Crippen molar-refractivity contribution in [1.29, 1.82) is 0 Å². The summed E-state index contributed by atoms with van der Waals surface area (Å²) in [6.07, 6.45) is 7.84. The van der Waals surface area contributed by atoms with Gasteiger partial charge in [0.15, 0.2) is 0 Å². The molecule has 0 aromatic heterocycles. The molecule has 100 valence electrons. The zero-order valence-corrected chi connectivity index (χ0v) is 11.5. The van der Waals surface area contributed by atoms with Gasteiger partial charge in [-0.05, 0) is 18.3 Å². The van der Waals surface area contributed by atoms with Crippen LogP contribution in [0.4, 0.5) is 0 Å². The molecule has 1 aliphatic carbocycles. The molecule has 1 saturated carbocycles. The lowest BCUT2D eigenvalue weighted by molar-refractivity contribution is -0.138. The molecule has 3 nitrogen and oxygen atoms in total. The van der Waals surface area contributed by atoms with Crippen LogP contribution in [0, 0.1) is 5.41 Å². The van der Waals surface area contributed by atoms with Crippen molar-refractivity contribution in [2.24, 2.45) is 5.41 Å². The van der Waals surface area contributed by atoms with Gasteiger partial charge in [-0.25, -0.2) is 0 Å².